The highest BCUT2D eigenvalue weighted by molar-refractivity contribution is 7.09. The number of amides is 2. The van der Waals surface area contributed by atoms with E-state index in [0.29, 0.717) is 5.92 Å². The van der Waals surface area contributed by atoms with E-state index >= 15 is 0 Å². The fraction of sp³-hybridized carbons (Fsp3) is 0.571. The lowest BCUT2D eigenvalue weighted by molar-refractivity contribution is 0.161. The molecule has 2 aromatic rings. The molecule has 118 valence electrons. The van der Waals surface area contributed by atoms with Crippen LogP contribution in [0.25, 0.3) is 0 Å². The predicted molar refractivity (Wildman–Crippen MR) is 83.4 cm³/mol. The van der Waals surface area contributed by atoms with E-state index in [2.05, 4.69) is 20.4 Å². The smallest absolute Gasteiger partial charge is 0.317 e. The van der Waals surface area contributed by atoms with E-state index < -0.39 is 0 Å². The van der Waals surface area contributed by atoms with Gasteiger partial charge in [0.15, 0.2) is 0 Å². The molecule has 1 aliphatic rings. The Morgan fingerprint density at radius 1 is 1.50 bits per heavy atom. The van der Waals surface area contributed by atoms with Gasteiger partial charge in [0, 0.05) is 31.2 Å². The Bertz CT molecular complexity index is 577. The zero-order valence-electron chi connectivity index (χ0n) is 12.6. The molecular weight excluding hydrogens is 300 g/mol. The topological polar surface area (TPSA) is 75.9 Å². The molecule has 2 aromatic heterocycles. The number of hydrogen-bond donors (Lipinski definition) is 1. The summed E-state index contributed by atoms with van der Waals surface area (Å²) in [5.74, 6) is 0.558. The van der Waals surface area contributed by atoms with Gasteiger partial charge in [-0.25, -0.2) is 14.8 Å². The Hall–Kier alpha value is -1.96. The molecule has 8 heteroatoms. The van der Waals surface area contributed by atoms with Gasteiger partial charge in [0.2, 0.25) is 0 Å². The van der Waals surface area contributed by atoms with Crippen molar-refractivity contribution in [1.29, 1.82) is 0 Å². The van der Waals surface area contributed by atoms with Crippen molar-refractivity contribution in [3.05, 3.63) is 29.2 Å². The minimum absolute atomic E-state index is 0.00176. The van der Waals surface area contributed by atoms with Crippen LogP contribution in [0.3, 0.4) is 0 Å². The zero-order valence-corrected chi connectivity index (χ0v) is 13.4. The van der Waals surface area contributed by atoms with Crippen LogP contribution in [-0.4, -0.2) is 43.8 Å². The third-order valence-electron chi connectivity index (χ3n) is 3.98. The van der Waals surface area contributed by atoms with Gasteiger partial charge in [0.1, 0.15) is 17.7 Å². The first-order valence-corrected chi connectivity index (χ1v) is 8.37. The molecule has 3 rings (SSSR count). The average Bonchev–Trinajstić information content (AvgIpc) is 3.21. The Balaban J connectivity index is 1.45. The third-order valence-corrected chi connectivity index (χ3v) is 4.93. The zero-order chi connectivity index (χ0) is 15.4. The van der Waals surface area contributed by atoms with E-state index in [-0.39, 0.29) is 12.1 Å². The van der Waals surface area contributed by atoms with Crippen molar-refractivity contribution in [1.82, 2.24) is 30.0 Å². The Morgan fingerprint density at radius 3 is 2.95 bits per heavy atom. The molecule has 0 bridgehead atoms. The van der Waals surface area contributed by atoms with E-state index in [0.717, 1.165) is 37.5 Å². The van der Waals surface area contributed by atoms with Gasteiger partial charge in [-0.1, -0.05) is 0 Å². The first kappa shape index (κ1) is 15.0. The second-order valence-electron chi connectivity index (χ2n) is 5.59. The van der Waals surface area contributed by atoms with Gasteiger partial charge in [-0.05, 0) is 25.7 Å². The molecule has 0 aromatic carbocycles. The fourth-order valence-electron chi connectivity index (χ4n) is 2.70. The summed E-state index contributed by atoms with van der Waals surface area (Å²) in [5.41, 5.74) is 0. The lowest BCUT2D eigenvalue weighted by Crippen LogP contribution is -2.45. The molecule has 0 aliphatic carbocycles. The number of likely N-dealkylation sites (tertiary alicyclic amines) is 1. The van der Waals surface area contributed by atoms with Gasteiger partial charge in [-0.15, -0.1) is 11.3 Å². The lowest BCUT2D eigenvalue weighted by Gasteiger charge is -2.32. The first-order chi connectivity index (χ1) is 10.7. The lowest BCUT2D eigenvalue weighted by atomic mass is 9.97. The maximum absolute atomic E-state index is 12.3. The van der Waals surface area contributed by atoms with Gasteiger partial charge in [-0.2, -0.15) is 5.10 Å². The van der Waals surface area contributed by atoms with Crippen LogP contribution in [-0.2, 0) is 6.54 Å². The number of piperidine rings is 1. The molecule has 0 saturated carbocycles. The summed E-state index contributed by atoms with van der Waals surface area (Å²) < 4.78 is 1.87. The molecule has 1 unspecified atom stereocenters. The molecule has 1 N–H and O–H groups in total. The summed E-state index contributed by atoms with van der Waals surface area (Å²) in [6.07, 6.45) is 7.06. The van der Waals surface area contributed by atoms with Gasteiger partial charge in [0.25, 0.3) is 0 Å². The highest BCUT2D eigenvalue weighted by Crippen LogP contribution is 2.20. The molecule has 2 amide bonds. The average molecular weight is 320 g/mol. The normalized spacial score (nSPS) is 17.4. The van der Waals surface area contributed by atoms with Crippen molar-refractivity contribution in [2.45, 2.75) is 32.4 Å². The molecule has 7 nitrogen and oxygen atoms in total. The molecule has 0 spiro atoms. The van der Waals surface area contributed by atoms with E-state index in [1.807, 2.05) is 21.9 Å². The highest BCUT2D eigenvalue weighted by atomic mass is 32.1. The summed E-state index contributed by atoms with van der Waals surface area (Å²) >= 11 is 1.56. The Morgan fingerprint density at radius 2 is 2.32 bits per heavy atom. The monoisotopic (exact) mass is 320 g/mol. The van der Waals surface area contributed by atoms with Crippen LogP contribution in [0.4, 0.5) is 4.79 Å². The standard InChI is InChI=1S/C14H20N6OS/c1-11(13-16-4-7-22-13)18-14(21)19-5-2-12(3-6-19)8-20-10-15-9-17-20/h4,7,9-12H,2-3,5-6,8H2,1H3,(H,18,21). The van der Waals surface area contributed by atoms with E-state index in [4.69, 9.17) is 0 Å². The van der Waals surface area contributed by atoms with Crippen LogP contribution in [0.15, 0.2) is 24.2 Å². The number of rotatable bonds is 4. The van der Waals surface area contributed by atoms with Crippen LogP contribution in [0.1, 0.15) is 30.8 Å². The summed E-state index contributed by atoms with van der Waals surface area (Å²) in [6.45, 7) is 4.42. The van der Waals surface area contributed by atoms with Crippen LogP contribution < -0.4 is 5.32 Å². The van der Waals surface area contributed by atoms with Crippen molar-refractivity contribution >= 4 is 17.4 Å². The molecule has 0 radical (unpaired) electrons. The largest absolute Gasteiger partial charge is 0.329 e. The van der Waals surface area contributed by atoms with Gasteiger partial charge in [-0.3, -0.25) is 4.68 Å². The number of hydrogen-bond acceptors (Lipinski definition) is 5. The summed E-state index contributed by atoms with van der Waals surface area (Å²) in [5, 5.41) is 10.0. The number of nitrogens with zero attached hydrogens (tertiary/aromatic N) is 5. The number of urea groups is 1. The second kappa shape index (κ2) is 6.87. The maximum atomic E-state index is 12.3. The minimum Gasteiger partial charge on any atom is -0.329 e. The number of aromatic nitrogens is 4. The molecule has 1 saturated heterocycles. The predicted octanol–water partition coefficient (Wildman–Crippen LogP) is 1.92. The Kier molecular flexibility index (Phi) is 4.67. The maximum Gasteiger partial charge on any atom is 0.317 e. The Labute approximate surface area is 133 Å². The molecule has 3 heterocycles. The highest BCUT2D eigenvalue weighted by Gasteiger charge is 2.24. The molecular formula is C14H20N6OS. The van der Waals surface area contributed by atoms with Gasteiger partial charge in [0.05, 0.1) is 6.04 Å². The van der Waals surface area contributed by atoms with Gasteiger partial charge >= 0.3 is 6.03 Å². The van der Waals surface area contributed by atoms with Gasteiger partial charge < -0.3 is 10.2 Å². The molecule has 22 heavy (non-hydrogen) atoms. The summed E-state index contributed by atoms with van der Waals surface area (Å²) in [6, 6.07) is -0.0396. The van der Waals surface area contributed by atoms with Crippen molar-refractivity contribution < 1.29 is 4.79 Å². The van der Waals surface area contributed by atoms with Crippen LogP contribution in [0.2, 0.25) is 0 Å². The van der Waals surface area contributed by atoms with Crippen molar-refractivity contribution in [3.8, 4) is 0 Å². The third kappa shape index (κ3) is 3.62. The summed E-state index contributed by atoms with van der Waals surface area (Å²) in [4.78, 5) is 22.4. The molecule has 1 atom stereocenters. The number of nitrogens with one attached hydrogen (secondary N) is 1. The van der Waals surface area contributed by atoms with Crippen LogP contribution >= 0.6 is 11.3 Å². The molecule has 1 aliphatic heterocycles. The van der Waals surface area contributed by atoms with Crippen molar-refractivity contribution in [2.24, 2.45) is 5.92 Å². The van der Waals surface area contributed by atoms with Crippen LogP contribution in [0.5, 0.6) is 0 Å². The van der Waals surface area contributed by atoms with E-state index in [1.165, 1.54) is 0 Å². The first-order valence-electron chi connectivity index (χ1n) is 7.49. The van der Waals surface area contributed by atoms with Crippen molar-refractivity contribution in [3.63, 3.8) is 0 Å². The number of carbonyl (C=O) groups is 1. The quantitative estimate of drug-likeness (QED) is 0.934. The fourth-order valence-corrected chi connectivity index (χ4v) is 3.34. The second-order valence-corrected chi connectivity index (χ2v) is 6.52. The van der Waals surface area contributed by atoms with Crippen LogP contribution in [0, 0.1) is 5.92 Å². The SMILES string of the molecule is CC(NC(=O)N1CCC(Cn2cncn2)CC1)c1nccs1. The van der Waals surface area contributed by atoms with Crippen molar-refractivity contribution in [2.75, 3.05) is 13.1 Å². The number of carbonyl (C=O) groups excluding carboxylic acids is 1. The van der Waals surface area contributed by atoms with E-state index in [9.17, 15) is 4.79 Å². The molecule has 1 fully saturated rings. The summed E-state index contributed by atoms with van der Waals surface area (Å²) in [7, 11) is 0. The number of thiazole rings is 1. The minimum atomic E-state index is -0.0413. The van der Waals surface area contributed by atoms with E-state index in [1.54, 1.807) is 30.2 Å².